The van der Waals surface area contributed by atoms with Crippen LogP contribution in [0.3, 0.4) is 0 Å². The molecule has 0 bridgehead atoms. The SMILES string of the molecule is CN(Cc1cccc(Cl)c1)CC(C)(CO)CO. The third-order valence-electron chi connectivity index (χ3n) is 2.76. The lowest BCUT2D eigenvalue weighted by molar-refractivity contribution is 0.0402. The maximum atomic E-state index is 9.24. The second-order valence-electron chi connectivity index (χ2n) is 4.93. The summed E-state index contributed by atoms with van der Waals surface area (Å²) in [6, 6.07) is 7.70. The van der Waals surface area contributed by atoms with Crippen molar-refractivity contribution in [1.82, 2.24) is 4.90 Å². The van der Waals surface area contributed by atoms with Crippen LogP contribution in [0.4, 0.5) is 0 Å². The third-order valence-corrected chi connectivity index (χ3v) is 2.99. The Labute approximate surface area is 108 Å². The van der Waals surface area contributed by atoms with Crippen LogP contribution in [0.5, 0.6) is 0 Å². The van der Waals surface area contributed by atoms with Crippen molar-refractivity contribution in [3.05, 3.63) is 34.9 Å². The summed E-state index contributed by atoms with van der Waals surface area (Å²) in [5.74, 6) is 0. The zero-order valence-corrected chi connectivity index (χ0v) is 11.1. The fraction of sp³-hybridized carbons (Fsp3) is 0.538. The van der Waals surface area contributed by atoms with Gasteiger partial charge in [0.1, 0.15) is 0 Å². The summed E-state index contributed by atoms with van der Waals surface area (Å²) in [6.45, 7) is 3.19. The van der Waals surface area contributed by atoms with Gasteiger partial charge in [-0.05, 0) is 24.7 Å². The Kier molecular flexibility index (Phi) is 5.40. The number of nitrogens with zero attached hydrogens (tertiary/aromatic N) is 1. The molecule has 0 radical (unpaired) electrons. The topological polar surface area (TPSA) is 43.7 Å². The first kappa shape index (κ1) is 14.5. The van der Waals surface area contributed by atoms with Crippen LogP contribution in [0.1, 0.15) is 12.5 Å². The molecule has 0 amide bonds. The van der Waals surface area contributed by atoms with Crippen molar-refractivity contribution in [2.75, 3.05) is 26.8 Å². The van der Waals surface area contributed by atoms with Crippen LogP contribution in [-0.2, 0) is 6.54 Å². The van der Waals surface area contributed by atoms with E-state index in [-0.39, 0.29) is 13.2 Å². The Morgan fingerprint density at radius 2 is 1.94 bits per heavy atom. The summed E-state index contributed by atoms with van der Waals surface area (Å²) in [5, 5.41) is 19.2. The highest BCUT2D eigenvalue weighted by molar-refractivity contribution is 6.30. The van der Waals surface area contributed by atoms with Gasteiger partial charge < -0.3 is 15.1 Å². The first-order chi connectivity index (χ1) is 7.99. The summed E-state index contributed by atoms with van der Waals surface area (Å²) in [4.78, 5) is 2.07. The van der Waals surface area contributed by atoms with Crippen molar-refractivity contribution in [2.24, 2.45) is 5.41 Å². The Morgan fingerprint density at radius 3 is 2.47 bits per heavy atom. The van der Waals surface area contributed by atoms with E-state index in [4.69, 9.17) is 11.6 Å². The van der Waals surface area contributed by atoms with Crippen molar-refractivity contribution in [1.29, 1.82) is 0 Å². The monoisotopic (exact) mass is 257 g/mol. The molecule has 0 saturated heterocycles. The van der Waals surface area contributed by atoms with Crippen molar-refractivity contribution in [2.45, 2.75) is 13.5 Å². The van der Waals surface area contributed by atoms with E-state index in [1.54, 1.807) is 0 Å². The Hall–Kier alpha value is -0.610. The van der Waals surface area contributed by atoms with Crippen LogP contribution in [-0.4, -0.2) is 41.9 Å². The highest BCUT2D eigenvalue weighted by atomic mass is 35.5. The number of hydrogen-bond donors (Lipinski definition) is 2. The summed E-state index contributed by atoms with van der Waals surface area (Å²) in [5.41, 5.74) is 0.658. The molecule has 1 rings (SSSR count). The summed E-state index contributed by atoms with van der Waals surface area (Å²) in [7, 11) is 1.96. The number of benzene rings is 1. The van der Waals surface area contributed by atoms with Gasteiger partial charge in [-0.3, -0.25) is 0 Å². The number of hydrogen-bond acceptors (Lipinski definition) is 3. The van der Waals surface area contributed by atoms with Gasteiger partial charge in [-0.15, -0.1) is 0 Å². The van der Waals surface area contributed by atoms with Crippen molar-refractivity contribution >= 4 is 11.6 Å². The minimum Gasteiger partial charge on any atom is -0.396 e. The highest BCUT2D eigenvalue weighted by Crippen LogP contribution is 2.18. The molecular formula is C13H20ClNO2. The van der Waals surface area contributed by atoms with Gasteiger partial charge in [-0.25, -0.2) is 0 Å². The smallest absolute Gasteiger partial charge is 0.0519 e. The maximum Gasteiger partial charge on any atom is 0.0519 e. The highest BCUT2D eigenvalue weighted by Gasteiger charge is 2.24. The van der Waals surface area contributed by atoms with E-state index in [1.165, 1.54) is 0 Å². The zero-order chi connectivity index (χ0) is 12.9. The van der Waals surface area contributed by atoms with E-state index in [0.29, 0.717) is 6.54 Å². The number of halogens is 1. The molecule has 0 atom stereocenters. The van der Waals surface area contributed by atoms with Gasteiger partial charge in [0.05, 0.1) is 13.2 Å². The van der Waals surface area contributed by atoms with Gasteiger partial charge in [-0.2, -0.15) is 0 Å². The maximum absolute atomic E-state index is 9.24. The first-order valence-corrected chi connectivity index (χ1v) is 6.01. The van der Waals surface area contributed by atoms with E-state index in [9.17, 15) is 10.2 Å². The standard InChI is InChI=1S/C13H20ClNO2/c1-13(9-16,10-17)8-15(2)7-11-4-3-5-12(14)6-11/h3-6,16-17H,7-10H2,1-2H3. The molecule has 0 unspecified atom stereocenters. The van der Waals surface area contributed by atoms with Gasteiger partial charge in [0.25, 0.3) is 0 Å². The predicted molar refractivity (Wildman–Crippen MR) is 70.1 cm³/mol. The fourth-order valence-corrected chi connectivity index (χ4v) is 2.02. The lowest BCUT2D eigenvalue weighted by Crippen LogP contribution is -2.38. The molecule has 0 aliphatic carbocycles. The number of rotatable bonds is 6. The molecule has 0 aliphatic heterocycles. The molecule has 0 saturated carbocycles. The van der Waals surface area contributed by atoms with Crippen LogP contribution in [0, 0.1) is 5.41 Å². The van der Waals surface area contributed by atoms with E-state index < -0.39 is 5.41 Å². The average Bonchev–Trinajstić information content (AvgIpc) is 2.28. The quantitative estimate of drug-likeness (QED) is 0.816. The van der Waals surface area contributed by atoms with Crippen LogP contribution >= 0.6 is 11.6 Å². The number of aliphatic hydroxyl groups is 2. The van der Waals surface area contributed by atoms with Crippen LogP contribution < -0.4 is 0 Å². The molecule has 2 N–H and O–H groups in total. The Balaban J connectivity index is 2.58. The summed E-state index contributed by atoms with van der Waals surface area (Å²) < 4.78 is 0. The van der Waals surface area contributed by atoms with Gasteiger partial charge in [0, 0.05) is 23.5 Å². The normalized spacial score (nSPS) is 12.1. The predicted octanol–water partition coefficient (Wildman–Crippen LogP) is 1.76. The molecule has 4 heteroatoms. The van der Waals surface area contributed by atoms with E-state index >= 15 is 0 Å². The second kappa shape index (κ2) is 6.36. The molecule has 96 valence electrons. The van der Waals surface area contributed by atoms with Crippen LogP contribution in [0.25, 0.3) is 0 Å². The second-order valence-corrected chi connectivity index (χ2v) is 5.37. The third kappa shape index (κ3) is 4.64. The molecule has 3 nitrogen and oxygen atoms in total. The molecular weight excluding hydrogens is 238 g/mol. The molecule has 1 aromatic carbocycles. The molecule has 0 aromatic heterocycles. The van der Waals surface area contributed by atoms with Gasteiger partial charge in [-0.1, -0.05) is 30.7 Å². The Morgan fingerprint density at radius 1 is 1.29 bits per heavy atom. The zero-order valence-electron chi connectivity index (χ0n) is 10.4. The first-order valence-electron chi connectivity index (χ1n) is 5.64. The number of aliphatic hydroxyl groups excluding tert-OH is 2. The van der Waals surface area contributed by atoms with Gasteiger partial charge in [0.15, 0.2) is 0 Å². The van der Waals surface area contributed by atoms with E-state index in [1.807, 2.05) is 38.2 Å². The average molecular weight is 258 g/mol. The van der Waals surface area contributed by atoms with Crippen molar-refractivity contribution < 1.29 is 10.2 Å². The van der Waals surface area contributed by atoms with Crippen molar-refractivity contribution in [3.63, 3.8) is 0 Å². The van der Waals surface area contributed by atoms with Gasteiger partial charge in [0.2, 0.25) is 0 Å². The minimum absolute atomic E-state index is 0.0244. The minimum atomic E-state index is -0.465. The lowest BCUT2D eigenvalue weighted by Gasteiger charge is -2.30. The molecule has 17 heavy (non-hydrogen) atoms. The van der Waals surface area contributed by atoms with Gasteiger partial charge >= 0.3 is 0 Å². The largest absolute Gasteiger partial charge is 0.396 e. The summed E-state index contributed by atoms with van der Waals surface area (Å²) >= 11 is 5.92. The molecule has 0 fully saturated rings. The van der Waals surface area contributed by atoms with Crippen molar-refractivity contribution in [3.8, 4) is 0 Å². The summed E-state index contributed by atoms with van der Waals surface area (Å²) in [6.07, 6.45) is 0. The Bertz CT molecular complexity index is 353. The van der Waals surface area contributed by atoms with E-state index in [2.05, 4.69) is 4.90 Å². The lowest BCUT2D eigenvalue weighted by atomic mass is 9.92. The van der Waals surface area contributed by atoms with Crippen LogP contribution in [0.2, 0.25) is 5.02 Å². The van der Waals surface area contributed by atoms with E-state index in [0.717, 1.165) is 17.1 Å². The molecule has 0 aliphatic rings. The van der Waals surface area contributed by atoms with Crippen LogP contribution in [0.15, 0.2) is 24.3 Å². The molecule has 0 heterocycles. The fourth-order valence-electron chi connectivity index (χ4n) is 1.80. The molecule has 1 aromatic rings. The molecule has 0 spiro atoms.